The third-order valence-corrected chi connectivity index (χ3v) is 3.48. The predicted octanol–water partition coefficient (Wildman–Crippen LogP) is 4.12. The van der Waals surface area contributed by atoms with Crippen molar-refractivity contribution in [2.24, 2.45) is 0 Å². The average Bonchev–Trinajstić information content (AvgIpc) is 3.01. The number of rotatable bonds is 9. The minimum atomic E-state index is -1.02. The Labute approximate surface area is 130 Å². The Morgan fingerprint density at radius 2 is 2.00 bits per heavy atom. The third kappa shape index (κ3) is 4.35. The Bertz CT molecular complexity index is 607. The minimum absolute atomic E-state index is 0.0735. The Hall–Kier alpha value is -2.30. The maximum Gasteiger partial charge on any atom is 0.353 e. The van der Waals surface area contributed by atoms with Crippen molar-refractivity contribution in [3.63, 3.8) is 0 Å². The zero-order chi connectivity index (χ0) is 15.8. The van der Waals surface area contributed by atoms with E-state index in [0.29, 0.717) is 12.3 Å². The van der Waals surface area contributed by atoms with Crippen LogP contribution in [0, 0.1) is 0 Å². The molecule has 0 saturated heterocycles. The Morgan fingerprint density at radius 3 is 2.73 bits per heavy atom. The lowest BCUT2D eigenvalue weighted by atomic mass is 10.1. The monoisotopic (exact) mass is 302 g/mol. The average molecular weight is 302 g/mol. The van der Waals surface area contributed by atoms with E-state index >= 15 is 0 Å². The zero-order valence-corrected chi connectivity index (χ0v) is 12.8. The Balaban J connectivity index is 1.98. The maximum atomic E-state index is 10.9. The lowest BCUT2D eigenvalue weighted by Crippen LogP contribution is -1.99. The number of ether oxygens (including phenoxy) is 1. The van der Waals surface area contributed by atoms with E-state index in [1.807, 2.05) is 24.3 Å². The van der Waals surface area contributed by atoms with Crippen LogP contribution in [0.25, 0.3) is 11.3 Å². The first-order valence-electron chi connectivity index (χ1n) is 7.73. The highest BCUT2D eigenvalue weighted by Gasteiger charge is 2.12. The van der Waals surface area contributed by atoms with Gasteiger partial charge < -0.3 is 9.84 Å². The molecule has 0 atom stereocenters. The van der Waals surface area contributed by atoms with Crippen LogP contribution in [-0.2, 0) is 0 Å². The van der Waals surface area contributed by atoms with Crippen LogP contribution in [0.1, 0.15) is 49.5 Å². The molecule has 0 aliphatic rings. The number of unbranched alkanes of at least 4 members (excludes halogenated alkanes) is 4. The van der Waals surface area contributed by atoms with Crippen LogP contribution in [-0.4, -0.2) is 27.9 Å². The first-order chi connectivity index (χ1) is 10.7. The number of aromatic carboxylic acids is 1. The fourth-order valence-electron chi connectivity index (χ4n) is 2.26. The van der Waals surface area contributed by atoms with Gasteiger partial charge in [-0.05, 0) is 24.6 Å². The van der Waals surface area contributed by atoms with Crippen LogP contribution in [0.2, 0.25) is 0 Å². The van der Waals surface area contributed by atoms with Gasteiger partial charge in [-0.25, -0.2) is 4.79 Å². The fraction of sp³-hybridized carbons (Fsp3) is 0.412. The Kier molecular flexibility index (Phi) is 6.01. The molecule has 0 aliphatic heterocycles. The third-order valence-electron chi connectivity index (χ3n) is 3.48. The minimum Gasteiger partial charge on any atom is -0.493 e. The van der Waals surface area contributed by atoms with Crippen molar-refractivity contribution in [3.8, 4) is 17.0 Å². The van der Waals surface area contributed by atoms with E-state index in [2.05, 4.69) is 17.1 Å². The summed E-state index contributed by atoms with van der Waals surface area (Å²) < 4.78 is 5.84. The van der Waals surface area contributed by atoms with Gasteiger partial charge in [0.15, 0.2) is 0 Å². The van der Waals surface area contributed by atoms with Crippen LogP contribution < -0.4 is 4.74 Å². The van der Waals surface area contributed by atoms with Crippen LogP contribution in [0.4, 0.5) is 0 Å². The van der Waals surface area contributed by atoms with Crippen LogP contribution in [0.15, 0.2) is 30.3 Å². The molecule has 22 heavy (non-hydrogen) atoms. The number of para-hydroxylation sites is 1. The van der Waals surface area contributed by atoms with Crippen molar-refractivity contribution in [1.82, 2.24) is 10.2 Å². The molecule has 118 valence electrons. The van der Waals surface area contributed by atoms with Gasteiger partial charge in [0.05, 0.1) is 12.3 Å². The van der Waals surface area contributed by atoms with E-state index in [1.165, 1.54) is 31.7 Å². The summed E-state index contributed by atoms with van der Waals surface area (Å²) in [7, 11) is 0. The molecule has 1 heterocycles. The molecule has 5 heteroatoms. The van der Waals surface area contributed by atoms with Crippen molar-refractivity contribution in [2.75, 3.05) is 6.61 Å². The van der Waals surface area contributed by atoms with E-state index < -0.39 is 5.97 Å². The number of hydrogen-bond acceptors (Lipinski definition) is 3. The smallest absolute Gasteiger partial charge is 0.353 e. The van der Waals surface area contributed by atoms with Crippen LogP contribution in [0.5, 0.6) is 5.75 Å². The number of aromatic amines is 1. The molecular formula is C17H22N2O3. The van der Waals surface area contributed by atoms with Crippen molar-refractivity contribution in [2.45, 2.75) is 39.0 Å². The molecule has 0 amide bonds. The molecule has 0 saturated carbocycles. The molecular weight excluding hydrogens is 280 g/mol. The van der Waals surface area contributed by atoms with Gasteiger partial charge in [-0.1, -0.05) is 44.7 Å². The summed E-state index contributed by atoms with van der Waals surface area (Å²) in [6.07, 6.45) is 5.93. The fourth-order valence-corrected chi connectivity index (χ4v) is 2.26. The summed E-state index contributed by atoms with van der Waals surface area (Å²) >= 11 is 0. The molecule has 0 bridgehead atoms. The molecule has 1 aromatic heterocycles. The van der Waals surface area contributed by atoms with Gasteiger partial charge in [0.1, 0.15) is 11.4 Å². The number of carboxylic acid groups (broad SMARTS) is 1. The van der Waals surface area contributed by atoms with Gasteiger partial charge in [0, 0.05) is 5.56 Å². The second-order valence-electron chi connectivity index (χ2n) is 5.23. The number of benzene rings is 1. The molecule has 2 aromatic rings. The number of hydrogen-bond donors (Lipinski definition) is 2. The molecule has 0 aliphatic carbocycles. The van der Waals surface area contributed by atoms with Crippen molar-refractivity contribution >= 4 is 5.97 Å². The van der Waals surface area contributed by atoms with Gasteiger partial charge in [-0.15, -0.1) is 0 Å². The largest absolute Gasteiger partial charge is 0.493 e. The number of H-pyrrole nitrogens is 1. The van der Waals surface area contributed by atoms with Gasteiger partial charge in [0.2, 0.25) is 0 Å². The van der Waals surface area contributed by atoms with E-state index in [-0.39, 0.29) is 5.69 Å². The van der Waals surface area contributed by atoms with Crippen molar-refractivity contribution in [3.05, 3.63) is 36.0 Å². The first kappa shape index (κ1) is 16.1. The highest BCUT2D eigenvalue weighted by Crippen LogP contribution is 2.29. The molecule has 5 nitrogen and oxygen atoms in total. The highest BCUT2D eigenvalue weighted by molar-refractivity contribution is 5.87. The van der Waals surface area contributed by atoms with Crippen LogP contribution >= 0.6 is 0 Å². The topological polar surface area (TPSA) is 75.2 Å². The first-order valence-corrected chi connectivity index (χ1v) is 7.73. The van der Waals surface area contributed by atoms with Gasteiger partial charge in [-0.3, -0.25) is 5.10 Å². The SMILES string of the molecule is CCCCCCCOc1ccccc1-c1cc(C(=O)O)[nH]n1. The van der Waals surface area contributed by atoms with Gasteiger partial charge in [0.25, 0.3) is 0 Å². The second-order valence-corrected chi connectivity index (χ2v) is 5.23. The van der Waals surface area contributed by atoms with Crippen molar-refractivity contribution in [1.29, 1.82) is 0 Å². The summed E-state index contributed by atoms with van der Waals surface area (Å²) in [6.45, 7) is 2.86. The van der Waals surface area contributed by atoms with E-state index in [4.69, 9.17) is 9.84 Å². The molecule has 0 unspecified atom stereocenters. The molecule has 1 aromatic carbocycles. The maximum absolute atomic E-state index is 10.9. The van der Waals surface area contributed by atoms with E-state index in [0.717, 1.165) is 17.7 Å². The quantitative estimate of drug-likeness (QED) is 0.683. The second kappa shape index (κ2) is 8.22. The van der Waals surface area contributed by atoms with Crippen LogP contribution in [0.3, 0.4) is 0 Å². The highest BCUT2D eigenvalue weighted by atomic mass is 16.5. The number of aromatic nitrogens is 2. The number of carbonyl (C=O) groups is 1. The Morgan fingerprint density at radius 1 is 1.23 bits per heavy atom. The number of nitrogens with one attached hydrogen (secondary N) is 1. The lowest BCUT2D eigenvalue weighted by molar-refractivity contribution is 0.0690. The molecule has 0 fully saturated rings. The molecule has 0 spiro atoms. The standard InChI is InChI=1S/C17H22N2O3/c1-2-3-4-5-8-11-22-16-10-7-6-9-13(16)14-12-15(17(20)21)19-18-14/h6-7,9-10,12H,2-5,8,11H2,1H3,(H,18,19)(H,20,21). The predicted molar refractivity (Wildman–Crippen MR) is 85.2 cm³/mol. The van der Waals surface area contributed by atoms with Gasteiger partial charge in [-0.2, -0.15) is 5.10 Å². The summed E-state index contributed by atoms with van der Waals surface area (Å²) in [5.74, 6) is -0.283. The summed E-state index contributed by atoms with van der Waals surface area (Å²) in [5, 5.41) is 15.5. The van der Waals surface area contributed by atoms with E-state index in [1.54, 1.807) is 0 Å². The van der Waals surface area contributed by atoms with Crippen molar-refractivity contribution < 1.29 is 14.6 Å². The zero-order valence-electron chi connectivity index (χ0n) is 12.8. The molecule has 2 N–H and O–H groups in total. The summed E-state index contributed by atoms with van der Waals surface area (Å²) in [4.78, 5) is 10.9. The summed E-state index contributed by atoms with van der Waals surface area (Å²) in [5.41, 5.74) is 1.46. The molecule has 2 rings (SSSR count). The lowest BCUT2D eigenvalue weighted by Gasteiger charge is -2.09. The van der Waals surface area contributed by atoms with E-state index in [9.17, 15) is 4.79 Å². The van der Waals surface area contributed by atoms with Gasteiger partial charge >= 0.3 is 5.97 Å². The number of carboxylic acids is 1. The normalized spacial score (nSPS) is 10.6. The number of nitrogens with zero attached hydrogens (tertiary/aromatic N) is 1. The summed E-state index contributed by atoms with van der Waals surface area (Å²) in [6, 6.07) is 9.08. The molecule has 0 radical (unpaired) electrons.